The lowest BCUT2D eigenvalue weighted by atomic mass is 10.2. The van der Waals surface area contributed by atoms with Crippen molar-refractivity contribution in [1.29, 1.82) is 0 Å². The first-order valence-corrected chi connectivity index (χ1v) is 7.78. The van der Waals surface area contributed by atoms with Gasteiger partial charge in [-0.2, -0.15) is 0 Å². The molecule has 2 heterocycles. The largest absolute Gasteiger partial charge is 0.376 e. The average molecular weight is 383 g/mol. The Bertz CT molecular complexity index is 422. The molecule has 1 atom stereocenters. The van der Waals surface area contributed by atoms with E-state index in [1.54, 1.807) is 0 Å². The van der Waals surface area contributed by atoms with Crippen molar-refractivity contribution >= 4 is 49.0 Å². The number of carbonyl (C=O) groups excluding carboxylic acids is 1. The van der Waals surface area contributed by atoms with E-state index in [0.717, 1.165) is 26.2 Å². The van der Waals surface area contributed by atoms with Crippen LogP contribution in [0.1, 0.15) is 17.3 Å². The summed E-state index contributed by atoms with van der Waals surface area (Å²) in [6.07, 6.45) is 0.217. The molecule has 1 saturated heterocycles. The van der Waals surface area contributed by atoms with Crippen molar-refractivity contribution in [2.24, 2.45) is 0 Å². The van der Waals surface area contributed by atoms with E-state index in [0.29, 0.717) is 13.2 Å². The van der Waals surface area contributed by atoms with Crippen LogP contribution in [0.2, 0.25) is 0 Å². The molecule has 1 aliphatic rings. The van der Waals surface area contributed by atoms with Gasteiger partial charge in [-0.1, -0.05) is 0 Å². The molecule has 17 heavy (non-hydrogen) atoms. The highest BCUT2D eigenvalue weighted by molar-refractivity contribution is 9.12. The molecule has 0 aromatic carbocycles. The van der Waals surface area contributed by atoms with Crippen LogP contribution in [0.4, 0.5) is 0 Å². The number of ketones is 1. The Morgan fingerprint density at radius 2 is 2.41 bits per heavy atom. The first-order chi connectivity index (χ1) is 8.06. The molecule has 1 aromatic rings. The molecule has 3 nitrogen and oxygen atoms in total. The maximum atomic E-state index is 12.1. The minimum atomic E-state index is 0.160. The van der Waals surface area contributed by atoms with Gasteiger partial charge in [-0.05, 0) is 44.8 Å². The van der Waals surface area contributed by atoms with E-state index in [1.807, 2.05) is 13.0 Å². The molecule has 0 radical (unpaired) electrons. The van der Waals surface area contributed by atoms with Crippen molar-refractivity contribution in [2.45, 2.75) is 13.0 Å². The molecule has 94 valence electrons. The topological polar surface area (TPSA) is 29.5 Å². The molecule has 0 bridgehead atoms. The Kier molecular flexibility index (Phi) is 4.77. The summed E-state index contributed by atoms with van der Waals surface area (Å²) >= 11 is 8.34. The van der Waals surface area contributed by atoms with Crippen molar-refractivity contribution in [1.82, 2.24) is 4.90 Å². The first kappa shape index (κ1) is 13.7. The lowest BCUT2D eigenvalue weighted by Crippen LogP contribution is -2.43. The zero-order valence-electron chi connectivity index (χ0n) is 9.41. The third-order valence-electron chi connectivity index (χ3n) is 2.65. The summed E-state index contributed by atoms with van der Waals surface area (Å²) in [5.41, 5.74) is 0.765. The second kappa shape index (κ2) is 5.93. The van der Waals surface area contributed by atoms with Gasteiger partial charge in [0.25, 0.3) is 0 Å². The van der Waals surface area contributed by atoms with Crippen LogP contribution in [0, 0.1) is 0 Å². The monoisotopic (exact) mass is 381 g/mol. The Hall–Kier alpha value is 0.250. The Morgan fingerprint density at radius 3 is 3.00 bits per heavy atom. The summed E-state index contributed by atoms with van der Waals surface area (Å²) in [7, 11) is 0. The van der Waals surface area contributed by atoms with E-state index in [1.165, 1.54) is 11.3 Å². The predicted molar refractivity (Wildman–Crippen MR) is 75.9 cm³/mol. The minimum Gasteiger partial charge on any atom is -0.376 e. The summed E-state index contributed by atoms with van der Waals surface area (Å²) in [6, 6.07) is 1.88. The lowest BCUT2D eigenvalue weighted by molar-refractivity contribution is -0.0158. The summed E-state index contributed by atoms with van der Waals surface area (Å²) in [6.45, 7) is 4.87. The number of Topliss-reactive ketones (excluding diaryl/α,β-unsaturated/α-hetero) is 1. The van der Waals surface area contributed by atoms with Gasteiger partial charge >= 0.3 is 0 Å². The van der Waals surface area contributed by atoms with Crippen LogP contribution in [-0.4, -0.2) is 43.0 Å². The molecule has 0 aliphatic carbocycles. The molecule has 1 aliphatic heterocycles. The van der Waals surface area contributed by atoms with Gasteiger partial charge in [0.2, 0.25) is 0 Å². The smallest absolute Gasteiger partial charge is 0.178 e. The van der Waals surface area contributed by atoms with Crippen LogP contribution >= 0.6 is 43.2 Å². The van der Waals surface area contributed by atoms with Crippen molar-refractivity contribution < 1.29 is 9.53 Å². The lowest BCUT2D eigenvalue weighted by Gasteiger charge is -2.30. The van der Waals surface area contributed by atoms with Gasteiger partial charge in [-0.3, -0.25) is 9.69 Å². The normalized spacial score (nSPS) is 21.7. The van der Waals surface area contributed by atoms with Gasteiger partial charge in [0.05, 0.1) is 26.8 Å². The molecule has 1 unspecified atom stereocenters. The van der Waals surface area contributed by atoms with Gasteiger partial charge in [0.15, 0.2) is 5.78 Å². The van der Waals surface area contributed by atoms with Crippen LogP contribution < -0.4 is 0 Å². The van der Waals surface area contributed by atoms with Crippen molar-refractivity contribution in [3.05, 3.63) is 19.2 Å². The van der Waals surface area contributed by atoms with Crippen LogP contribution in [0.3, 0.4) is 0 Å². The average Bonchev–Trinajstić information content (AvgIpc) is 2.58. The maximum absolute atomic E-state index is 12.1. The Labute approximate surface area is 121 Å². The number of hydrogen-bond acceptors (Lipinski definition) is 4. The number of halogens is 2. The zero-order chi connectivity index (χ0) is 12.4. The zero-order valence-corrected chi connectivity index (χ0v) is 13.4. The van der Waals surface area contributed by atoms with E-state index in [4.69, 9.17) is 4.74 Å². The summed E-state index contributed by atoms with van der Waals surface area (Å²) in [4.78, 5) is 14.3. The fourth-order valence-electron chi connectivity index (χ4n) is 1.85. The van der Waals surface area contributed by atoms with Crippen molar-refractivity contribution in [3.63, 3.8) is 0 Å². The quantitative estimate of drug-likeness (QED) is 0.752. The molecule has 0 N–H and O–H groups in total. The number of ether oxygens (including phenoxy) is 1. The molecular weight excluding hydrogens is 370 g/mol. The van der Waals surface area contributed by atoms with Gasteiger partial charge in [0.1, 0.15) is 0 Å². The molecule has 6 heteroatoms. The molecule has 0 amide bonds. The first-order valence-electron chi connectivity index (χ1n) is 5.38. The van der Waals surface area contributed by atoms with E-state index >= 15 is 0 Å². The van der Waals surface area contributed by atoms with Gasteiger partial charge in [-0.15, -0.1) is 11.3 Å². The van der Waals surface area contributed by atoms with Crippen molar-refractivity contribution in [2.75, 3.05) is 26.2 Å². The summed E-state index contributed by atoms with van der Waals surface area (Å²) in [5, 5.41) is 0. The van der Waals surface area contributed by atoms with Gasteiger partial charge in [-0.25, -0.2) is 0 Å². The number of morpholine rings is 1. The van der Waals surface area contributed by atoms with E-state index in [-0.39, 0.29) is 11.9 Å². The third-order valence-corrected chi connectivity index (χ3v) is 4.99. The van der Waals surface area contributed by atoms with E-state index in [9.17, 15) is 4.79 Å². The highest BCUT2D eigenvalue weighted by Gasteiger charge is 2.21. The third kappa shape index (κ3) is 3.61. The van der Waals surface area contributed by atoms with E-state index in [2.05, 4.69) is 36.8 Å². The summed E-state index contributed by atoms with van der Waals surface area (Å²) in [5.74, 6) is 0.160. The van der Waals surface area contributed by atoms with Gasteiger partial charge in [0, 0.05) is 18.7 Å². The number of nitrogens with zero attached hydrogens (tertiary/aromatic N) is 1. The van der Waals surface area contributed by atoms with Crippen LogP contribution in [0.25, 0.3) is 0 Å². The van der Waals surface area contributed by atoms with Crippen LogP contribution in [0.15, 0.2) is 13.6 Å². The predicted octanol–water partition coefficient (Wildman–Crippen LogP) is 3.18. The van der Waals surface area contributed by atoms with E-state index < -0.39 is 0 Å². The summed E-state index contributed by atoms with van der Waals surface area (Å²) < 4.78 is 7.33. The number of thiophene rings is 1. The standard InChI is InChI=1S/C11H13Br2NO2S/c1-7-5-14(2-3-16-7)6-9(15)8-4-10(12)17-11(8)13/h4,7H,2-3,5-6H2,1H3. The molecule has 0 spiro atoms. The maximum Gasteiger partial charge on any atom is 0.178 e. The fourth-order valence-corrected chi connectivity index (χ4v) is 4.71. The molecule has 0 saturated carbocycles. The van der Waals surface area contributed by atoms with Gasteiger partial charge < -0.3 is 4.74 Å². The minimum absolute atomic E-state index is 0.160. The SMILES string of the molecule is CC1CN(CC(=O)c2cc(Br)sc2Br)CCO1. The van der Waals surface area contributed by atoms with Crippen molar-refractivity contribution in [3.8, 4) is 0 Å². The molecular formula is C11H13Br2NO2S. The highest BCUT2D eigenvalue weighted by Crippen LogP contribution is 2.32. The van der Waals surface area contributed by atoms with Crippen LogP contribution in [0.5, 0.6) is 0 Å². The highest BCUT2D eigenvalue weighted by atomic mass is 79.9. The molecule has 1 aromatic heterocycles. The fraction of sp³-hybridized carbons (Fsp3) is 0.545. The number of rotatable bonds is 3. The molecule has 1 fully saturated rings. The Morgan fingerprint density at radius 1 is 1.65 bits per heavy atom. The number of carbonyl (C=O) groups is 1. The van der Waals surface area contributed by atoms with Crippen LogP contribution in [-0.2, 0) is 4.74 Å². The Balaban J connectivity index is 1.99. The number of hydrogen-bond donors (Lipinski definition) is 0. The second-order valence-corrected chi connectivity index (χ2v) is 7.83. The second-order valence-electron chi connectivity index (χ2n) is 4.08. The molecule has 2 rings (SSSR count).